The van der Waals surface area contributed by atoms with E-state index in [9.17, 15) is 0 Å². The van der Waals surface area contributed by atoms with Gasteiger partial charge >= 0.3 is 0 Å². The van der Waals surface area contributed by atoms with Gasteiger partial charge in [-0.3, -0.25) is 0 Å². The highest BCUT2D eigenvalue weighted by Crippen LogP contribution is 2.31. The van der Waals surface area contributed by atoms with E-state index < -0.39 is 0 Å². The second-order valence-corrected chi connectivity index (χ2v) is 2.66. The normalized spacial score (nSPS) is 9.80. The predicted octanol–water partition coefficient (Wildman–Crippen LogP) is 2.28. The summed E-state index contributed by atoms with van der Waals surface area (Å²) >= 11 is 11.1. The summed E-state index contributed by atoms with van der Waals surface area (Å²) in [4.78, 5) is 0. The van der Waals surface area contributed by atoms with E-state index in [2.05, 4.69) is 0 Å². The second kappa shape index (κ2) is 2.56. The summed E-state index contributed by atoms with van der Waals surface area (Å²) in [6, 6.07) is 2.81. The van der Waals surface area contributed by atoms with Crippen molar-refractivity contribution < 1.29 is 5.11 Å². The Hall–Kier alpha value is -0.600. The molecule has 0 unspecified atom stereocenters. The molecule has 54 valence electrons. The van der Waals surface area contributed by atoms with E-state index in [1.165, 1.54) is 12.1 Å². The molecule has 0 atom stereocenters. The fraction of sp³-hybridized carbons (Fsp3) is 0. The topological polar surface area (TPSA) is 46.2 Å². The van der Waals surface area contributed by atoms with Gasteiger partial charge in [0.2, 0.25) is 0 Å². The number of halogens is 2. The molecule has 0 saturated carbocycles. The largest absolute Gasteiger partial charge is 0.506 e. The van der Waals surface area contributed by atoms with Gasteiger partial charge in [-0.2, -0.15) is 0 Å². The molecule has 1 aromatic rings. The van der Waals surface area contributed by atoms with Crippen molar-refractivity contribution in [2.45, 2.75) is 0 Å². The summed E-state index contributed by atoms with van der Waals surface area (Å²) < 4.78 is 0. The lowest BCUT2D eigenvalue weighted by Crippen LogP contribution is -1.86. The number of phenols is 1. The maximum absolute atomic E-state index is 8.99. The Morgan fingerprint density at radius 1 is 1.30 bits per heavy atom. The fourth-order valence-electron chi connectivity index (χ4n) is 0.571. The Morgan fingerprint density at radius 3 is 2.40 bits per heavy atom. The Bertz CT molecular complexity index is 239. The zero-order valence-electron chi connectivity index (χ0n) is 4.94. The van der Waals surface area contributed by atoms with Crippen LogP contribution in [0.4, 0.5) is 5.69 Å². The zero-order chi connectivity index (χ0) is 7.72. The van der Waals surface area contributed by atoms with Gasteiger partial charge in [-0.15, -0.1) is 0 Å². The molecule has 0 aliphatic carbocycles. The minimum Gasteiger partial charge on any atom is -0.506 e. The molecule has 0 aliphatic heterocycles. The van der Waals surface area contributed by atoms with Crippen molar-refractivity contribution in [3.63, 3.8) is 0 Å². The summed E-state index contributed by atoms with van der Waals surface area (Å²) in [5.74, 6) is -0.0856. The van der Waals surface area contributed by atoms with E-state index in [0.29, 0.717) is 5.02 Å². The molecule has 0 aromatic heterocycles. The Kier molecular flexibility index (Phi) is 1.92. The van der Waals surface area contributed by atoms with Crippen molar-refractivity contribution in [1.29, 1.82) is 0 Å². The first-order chi connectivity index (χ1) is 4.61. The van der Waals surface area contributed by atoms with Gasteiger partial charge in [-0.25, -0.2) is 0 Å². The van der Waals surface area contributed by atoms with Gasteiger partial charge in [0.25, 0.3) is 0 Å². The van der Waals surface area contributed by atoms with Crippen LogP contribution in [-0.4, -0.2) is 5.11 Å². The Morgan fingerprint density at radius 2 is 1.90 bits per heavy atom. The van der Waals surface area contributed by atoms with Crippen LogP contribution in [0.1, 0.15) is 0 Å². The highest BCUT2D eigenvalue weighted by Gasteiger charge is 2.02. The van der Waals surface area contributed by atoms with Gasteiger partial charge in [-0.1, -0.05) is 23.2 Å². The lowest BCUT2D eigenvalue weighted by molar-refractivity contribution is 0.478. The number of rotatable bonds is 0. The summed E-state index contributed by atoms with van der Waals surface area (Å²) in [7, 11) is 0. The monoisotopic (exact) mass is 177 g/mol. The summed E-state index contributed by atoms with van der Waals surface area (Å²) in [5.41, 5.74) is 5.47. The standard InChI is InChI=1S/C6H5Cl2NO/c7-3-1-4(8)6(9)5(10)2-3/h1-2,10H,9H2. The van der Waals surface area contributed by atoms with Crippen molar-refractivity contribution in [3.8, 4) is 5.75 Å². The highest BCUT2D eigenvalue weighted by molar-refractivity contribution is 6.36. The van der Waals surface area contributed by atoms with Crippen LogP contribution >= 0.6 is 23.2 Å². The fourth-order valence-corrected chi connectivity index (χ4v) is 1.05. The van der Waals surface area contributed by atoms with Crippen molar-refractivity contribution in [2.24, 2.45) is 0 Å². The molecule has 0 aliphatic rings. The molecular weight excluding hydrogens is 173 g/mol. The Balaban J connectivity index is 3.31. The quantitative estimate of drug-likeness (QED) is 0.472. The Labute approximate surface area is 68.2 Å². The first-order valence-electron chi connectivity index (χ1n) is 2.54. The first-order valence-corrected chi connectivity index (χ1v) is 3.30. The number of nitrogens with two attached hydrogens (primary N) is 1. The van der Waals surface area contributed by atoms with Crippen LogP contribution in [0.2, 0.25) is 10.0 Å². The third kappa shape index (κ3) is 1.28. The third-order valence-electron chi connectivity index (χ3n) is 1.07. The van der Waals surface area contributed by atoms with Crippen LogP contribution in [0.5, 0.6) is 5.75 Å². The minimum atomic E-state index is -0.0856. The van der Waals surface area contributed by atoms with Gasteiger partial charge in [0, 0.05) is 11.1 Å². The minimum absolute atomic E-state index is 0.0856. The van der Waals surface area contributed by atoms with E-state index >= 15 is 0 Å². The predicted molar refractivity (Wildman–Crippen MR) is 42.5 cm³/mol. The number of hydrogen-bond donors (Lipinski definition) is 2. The molecule has 2 nitrogen and oxygen atoms in total. The molecular formula is C6H5Cl2NO. The zero-order valence-corrected chi connectivity index (χ0v) is 6.45. The lowest BCUT2D eigenvalue weighted by atomic mass is 10.3. The molecule has 0 bridgehead atoms. The smallest absolute Gasteiger partial charge is 0.141 e. The molecule has 3 N–H and O–H groups in total. The van der Waals surface area contributed by atoms with Crippen molar-refractivity contribution in [2.75, 3.05) is 5.73 Å². The van der Waals surface area contributed by atoms with E-state index in [1.54, 1.807) is 0 Å². The number of anilines is 1. The molecule has 10 heavy (non-hydrogen) atoms. The van der Waals surface area contributed by atoms with E-state index in [-0.39, 0.29) is 16.5 Å². The van der Waals surface area contributed by atoms with E-state index in [1.807, 2.05) is 0 Å². The molecule has 4 heteroatoms. The number of benzene rings is 1. The van der Waals surface area contributed by atoms with E-state index in [0.717, 1.165) is 0 Å². The first kappa shape index (κ1) is 7.51. The van der Waals surface area contributed by atoms with Crippen LogP contribution in [0.25, 0.3) is 0 Å². The number of nitrogen functional groups attached to an aromatic ring is 1. The molecule has 0 radical (unpaired) electrons. The van der Waals surface area contributed by atoms with Crippen LogP contribution < -0.4 is 5.73 Å². The average Bonchev–Trinajstić information content (AvgIpc) is 1.82. The molecule has 1 aromatic carbocycles. The molecule has 0 amide bonds. The maximum atomic E-state index is 8.99. The number of phenolic OH excluding ortho intramolecular Hbond substituents is 1. The van der Waals surface area contributed by atoms with Crippen molar-refractivity contribution in [3.05, 3.63) is 22.2 Å². The van der Waals surface area contributed by atoms with Gasteiger partial charge in [0.15, 0.2) is 0 Å². The average molecular weight is 178 g/mol. The van der Waals surface area contributed by atoms with Gasteiger partial charge in [-0.05, 0) is 6.07 Å². The second-order valence-electron chi connectivity index (χ2n) is 1.82. The van der Waals surface area contributed by atoms with Gasteiger partial charge in [0.1, 0.15) is 5.75 Å². The van der Waals surface area contributed by atoms with Crippen LogP contribution in [0.15, 0.2) is 12.1 Å². The number of aromatic hydroxyl groups is 1. The number of hydrogen-bond acceptors (Lipinski definition) is 2. The third-order valence-corrected chi connectivity index (χ3v) is 1.60. The molecule has 0 spiro atoms. The molecule has 1 rings (SSSR count). The molecule has 0 heterocycles. The van der Waals surface area contributed by atoms with E-state index in [4.69, 9.17) is 34.0 Å². The summed E-state index contributed by atoms with van der Waals surface area (Å²) in [5, 5.41) is 9.63. The van der Waals surface area contributed by atoms with Gasteiger partial charge < -0.3 is 10.8 Å². The van der Waals surface area contributed by atoms with Crippen LogP contribution in [0, 0.1) is 0 Å². The molecule has 0 saturated heterocycles. The van der Waals surface area contributed by atoms with Gasteiger partial charge in [0.05, 0.1) is 10.7 Å². The maximum Gasteiger partial charge on any atom is 0.141 e. The highest BCUT2D eigenvalue weighted by atomic mass is 35.5. The van der Waals surface area contributed by atoms with Crippen molar-refractivity contribution >= 4 is 28.9 Å². The van der Waals surface area contributed by atoms with Crippen LogP contribution in [0.3, 0.4) is 0 Å². The van der Waals surface area contributed by atoms with Crippen molar-refractivity contribution in [1.82, 2.24) is 0 Å². The summed E-state index contributed by atoms with van der Waals surface area (Å²) in [6.07, 6.45) is 0. The molecule has 0 fully saturated rings. The summed E-state index contributed by atoms with van der Waals surface area (Å²) in [6.45, 7) is 0. The SMILES string of the molecule is Nc1c(O)cc(Cl)cc1Cl. The van der Waals surface area contributed by atoms with Crippen LogP contribution in [-0.2, 0) is 0 Å². The lowest BCUT2D eigenvalue weighted by Gasteiger charge is -2.00.